The van der Waals surface area contributed by atoms with Crippen molar-refractivity contribution in [2.24, 2.45) is 11.8 Å². The van der Waals surface area contributed by atoms with Crippen LogP contribution in [0.3, 0.4) is 0 Å². The predicted octanol–water partition coefficient (Wildman–Crippen LogP) is 4.84. The molecule has 31 heavy (non-hydrogen) atoms. The molecule has 1 saturated heterocycles. The van der Waals surface area contributed by atoms with Crippen molar-refractivity contribution in [1.29, 1.82) is 0 Å². The van der Waals surface area contributed by atoms with Gasteiger partial charge in [0, 0.05) is 26.1 Å². The van der Waals surface area contributed by atoms with E-state index in [0.29, 0.717) is 18.8 Å². The Hall–Kier alpha value is -2.66. The van der Waals surface area contributed by atoms with E-state index >= 15 is 0 Å². The van der Waals surface area contributed by atoms with Gasteiger partial charge in [-0.25, -0.2) is 0 Å². The summed E-state index contributed by atoms with van der Waals surface area (Å²) in [4.78, 5) is 26.3. The van der Waals surface area contributed by atoms with Gasteiger partial charge in [0.2, 0.25) is 6.79 Å². The van der Waals surface area contributed by atoms with Crippen LogP contribution in [-0.4, -0.2) is 31.6 Å². The SMILES string of the molecule is Cc1ccc(-c2ccc3c(c2)OCO3)cc1C1C(=O)CC(CC2CCOCC2)CC1=O. The van der Waals surface area contributed by atoms with Crippen LogP contribution in [0.2, 0.25) is 0 Å². The van der Waals surface area contributed by atoms with Crippen molar-refractivity contribution in [3.8, 4) is 22.6 Å². The van der Waals surface area contributed by atoms with Crippen LogP contribution in [0.25, 0.3) is 11.1 Å². The lowest BCUT2D eigenvalue weighted by molar-refractivity contribution is -0.134. The van der Waals surface area contributed by atoms with Crippen LogP contribution < -0.4 is 9.47 Å². The second-order valence-corrected chi connectivity index (χ2v) is 9.07. The van der Waals surface area contributed by atoms with E-state index in [0.717, 1.165) is 66.2 Å². The fourth-order valence-electron chi connectivity index (χ4n) is 5.23. The molecule has 0 radical (unpaired) electrons. The third-order valence-electron chi connectivity index (χ3n) is 6.93. The number of carbonyl (C=O) groups is 2. The average Bonchev–Trinajstić information content (AvgIpc) is 3.23. The van der Waals surface area contributed by atoms with Crippen molar-refractivity contribution >= 4 is 11.6 Å². The average molecular weight is 421 g/mol. The molecule has 2 heterocycles. The van der Waals surface area contributed by atoms with E-state index in [4.69, 9.17) is 14.2 Å². The minimum atomic E-state index is -0.639. The van der Waals surface area contributed by atoms with Gasteiger partial charge < -0.3 is 14.2 Å². The van der Waals surface area contributed by atoms with Gasteiger partial charge in [-0.05, 0) is 78.5 Å². The molecule has 5 rings (SSSR count). The maximum absolute atomic E-state index is 13.1. The van der Waals surface area contributed by atoms with Crippen molar-refractivity contribution in [1.82, 2.24) is 0 Å². The summed E-state index contributed by atoms with van der Waals surface area (Å²) in [6.07, 6.45) is 4.05. The quantitative estimate of drug-likeness (QED) is 0.663. The smallest absolute Gasteiger partial charge is 0.231 e. The third kappa shape index (κ3) is 4.11. The van der Waals surface area contributed by atoms with Gasteiger partial charge in [0.25, 0.3) is 0 Å². The molecule has 0 N–H and O–H groups in total. The fourth-order valence-corrected chi connectivity index (χ4v) is 5.23. The van der Waals surface area contributed by atoms with E-state index in [1.807, 2.05) is 43.3 Å². The summed E-state index contributed by atoms with van der Waals surface area (Å²) in [5.74, 6) is 1.71. The molecule has 2 fully saturated rings. The molecule has 0 amide bonds. The van der Waals surface area contributed by atoms with Gasteiger partial charge in [0.15, 0.2) is 11.5 Å². The van der Waals surface area contributed by atoms with Crippen molar-refractivity contribution in [2.75, 3.05) is 20.0 Å². The lowest BCUT2D eigenvalue weighted by Crippen LogP contribution is -2.33. The van der Waals surface area contributed by atoms with Gasteiger partial charge in [-0.3, -0.25) is 9.59 Å². The molecule has 2 aliphatic heterocycles. The molecule has 162 valence electrons. The lowest BCUT2D eigenvalue weighted by Gasteiger charge is -2.31. The number of aryl methyl sites for hydroxylation is 1. The minimum absolute atomic E-state index is 0.0687. The van der Waals surface area contributed by atoms with E-state index in [1.165, 1.54) is 0 Å². The number of ketones is 2. The normalized spacial score (nSPS) is 23.9. The zero-order chi connectivity index (χ0) is 21.4. The number of Topliss-reactive ketones (excluding diaryl/α,β-unsaturated/α-hetero) is 2. The molecule has 0 aromatic heterocycles. The van der Waals surface area contributed by atoms with Gasteiger partial charge in [0.05, 0.1) is 0 Å². The summed E-state index contributed by atoms with van der Waals surface area (Å²) in [6, 6.07) is 11.9. The highest BCUT2D eigenvalue weighted by atomic mass is 16.7. The Bertz CT molecular complexity index is 987. The fraction of sp³-hybridized carbons (Fsp3) is 0.462. The van der Waals surface area contributed by atoms with Crippen LogP contribution in [-0.2, 0) is 14.3 Å². The van der Waals surface area contributed by atoms with E-state index < -0.39 is 5.92 Å². The third-order valence-corrected chi connectivity index (χ3v) is 6.93. The Morgan fingerprint density at radius 3 is 2.29 bits per heavy atom. The molecule has 5 nitrogen and oxygen atoms in total. The Morgan fingerprint density at radius 1 is 0.839 bits per heavy atom. The summed E-state index contributed by atoms with van der Waals surface area (Å²) < 4.78 is 16.3. The Labute approximate surface area is 182 Å². The molecule has 0 unspecified atom stereocenters. The van der Waals surface area contributed by atoms with Crippen molar-refractivity contribution in [3.63, 3.8) is 0 Å². The predicted molar refractivity (Wildman–Crippen MR) is 116 cm³/mol. The molecule has 2 aromatic rings. The zero-order valence-electron chi connectivity index (χ0n) is 17.9. The monoisotopic (exact) mass is 420 g/mol. The van der Waals surface area contributed by atoms with Gasteiger partial charge >= 0.3 is 0 Å². The Kier molecular flexibility index (Phi) is 5.53. The van der Waals surface area contributed by atoms with E-state index in [9.17, 15) is 9.59 Å². The van der Waals surface area contributed by atoms with Crippen LogP contribution in [0, 0.1) is 18.8 Å². The minimum Gasteiger partial charge on any atom is -0.454 e. The number of benzene rings is 2. The molecular weight excluding hydrogens is 392 g/mol. The van der Waals surface area contributed by atoms with Gasteiger partial charge in [-0.15, -0.1) is 0 Å². The first kappa shape index (κ1) is 20.3. The molecule has 1 aliphatic carbocycles. The standard InChI is InChI=1S/C26H28O5/c1-16-2-3-19(20-4-5-24-25(14-20)31-15-30-24)13-21(16)26-22(27)11-18(12-23(26)28)10-17-6-8-29-9-7-17/h2-5,13-14,17-18,26H,6-12,15H2,1H3. The highest BCUT2D eigenvalue weighted by molar-refractivity contribution is 6.10. The topological polar surface area (TPSA) is 61.8 Å². The van der Waals surface area contributed by atoms with Crippen LogP contribution >= 0.6 is 0 Å². The van der Waals surface area contributed by atoms with Crippen molar-refractivity contribution < 1.29 is 23.8 Å². The van der Waals surface area contributed by atoms with Gasteiger partial charge in [-0.1, -0.05) is 18.2 Å². The van der Waals surface area contributed by atoms with Gasteiger partial charge in [0.1, 0.15) is 17.5 Å². The second kappa shape index (κ2) is 8.46. The maximum Gasteiger partial charge on any atom is 0.231 e. The molecule has 2 aromatic carbocycles. The number of hydrogen-bond acceptors (Lipinski definition) is 5. The lowest BCUT2D eigenvalue weighted by atomic mass is 9.72. The molecule has 3 aliphatic rings. The summed E-state index contributed by atoms with van der Waals surface area (Å²) in [5, 5.41) is 0. The molecule has 0 bridgehead atoms. The first-order chi connectivity index (χ1) is 15.1. The molecule has 1 saturated carbocycles. The number of hydrogen-bond donors (Lipinski definition) is 0. The number of fused-ring (bicyclic) bond motifs is 1. The van der Waals surface area contributed by atoms with Crippen LogP contribution in [0.15, 0.2) is 36.4 Å². The second-order valence-electron chi connectivity index (χ2n) is 9.07. The molecular formula is C26H28O5. The van der Waals surface area contributed by atoms with Crippen molar-refractivity contribution in [2.45, 2.75) is 44.9 Å². The molecule has 0 atom stereocenters. The highest BCUT2D eigenvalue weighted by Crippen LogP contribution is 2.39. The van der Waals surface area contributed by atoms with Crippen LogP contribution in [0.5, 0.6) is 11.5 Å². The number of carbonyl (C=O) groups excluding carboxylic acids is 2. The summed E-state index contributed by atoms with van der Waals surface area (Å²) in [6.45, 7) is 3.81. The van der Waals surface area contributed by atoms with E-state index in [1.54, 1.807) is 0 Å². The zero-order valence-corrected chi connectivity index (χ0v) is 17.9. The Morgan fingerprint density at radius 2 is 1.52 bits per heavy atom. The summed E-state index contributed by atoms with van der Waals surface area (Å²) in [5.41, 5.74) is 3.79. The van der Waals surface area contributed by atoms with E-state index in [-0.39, 0.29) is 24.3 Å². The molecule has 5 heteroatoms. The molecule has 0 spiro atoms. The number of ether oxygens (including phenoxy) is 3. The van der Waals surface area contributed by atoms with Crippen LogP contribution in [0.1, 0.15) is 49.1 Å². The Balaban J connectivity index is 1.36. The first-order valence-corrected chi connectivity index (χ1v) is 11.2. The highest BCUT2D eigenvalue weighted by Gasteiger charge is 2.38. The summed E-state index contributed by atoms with van der Waals surface area (Å²) >= 11 is 0. The van der Waals surface area contributed by atoms with E-state index in [2.05, 4.69) is 0 Å². The number of rotatable bonds is 4. The first-order valence-electron chi connectivity index (χ1n) is 11.2. The largest absolute Gasteiger partial charge is 0.454 e. The summed E-state index contributed by atoms with van der Waals surface area (Å²) in [7, 11) is 0. The van der Waals surface area contributed by atoms with Crippen molar-refractivity contribution in [3.05, 3.63) is 47.5 Å². The van der Waals surface area contributed by atoms with Crippen LogP contribution in [0.4, 0.5) is 0 Å². The maximum atomic E-state index is 13.1. The van der Waals surface area contributed by atoms with Gasteiger partial charge in [-0.2, -0.15) is 0 Å².